The van der Waals surface area contributed by atoms with Gasteiger partial charge < -0.3 is 10.6 Å². The number of carbonyl (C=O) groups excluding carboxylic acids is 2. The molecule has 0 aromatic carbocycles. The van der Waals surface area contributed by atoms with Crippen LogP contribution in [0.15, 0.2) is 0 Å². The fraction of sp³-hybridized carbons (Fsp3) is 0.778. The lowest BCUT2D eigenvalue weighted by molar-refractivity contribution is -0.118. The van der Waals surface area contributed by atoms with Crippen molar-refractivity contribution in [3.05, 3.63) is 0 Å². The summed E-state index contributed by atoms with van der Waals surface area (Å²) < 4.78 is 0. The van der Waals surface area contributed by atoms with Crippen LogP contribution in [0.2, 0.25) is 0 Å². The third-order valence-corrected chi connectivity index (χ3v) is 2.40. The van der Waals surface area contributed by atoms with Crippen molar-refractivity contribution in [3.63, 3.8) is 0 Å². The number of nitrogens with one attached hydrogen (secondary N) is 2. The number of Topliss-reactive ketones (excluding diaryl/α,β-unsaturated/α-hetero) is 1. The van der Waals surface area contributed by atoms with E-state index in [9.17, 15) is 9.59 Å². The molecule has 2 N–H and O–H groups in total. The molecule has 0 aromatic rings. The Bertz CT molecular complexity index is 212. The highest BCUT2D eigenvalue weighted by Gasteiger charge is 2.20. The van der Waals surface area contributed by atoms with E-state index >= 15 is 0 Å². The van der Waals surface area contributed by atoms with E-state index in [0.29, 0.717) is 6.04 Å². The van der Waals surface area contributed by atoms with Crippen LogP contribution in [-0.4, -0.2) is 23.9 Å². The minimum Gasteiger partial charge on any atom is -0.335 e. The van der Waals surface area contributed by atoms with Gasteiger partial charge in [-0.25, -0.2) is 4.79 Å². The highest BCUT2D eigenvalue weighted by molar-refractivity contribution is 5.86. The molecule has 1 unspecified atom stereocenters. The molecule has 0 spiro atoms. The zero-order valence-corrected chi connectivity index (χ0v) is 8.09. The lowest BCUT2D eigenvalue weighted by atomic mass is 9.93. The lowest BCUT2D eigenvalue weighted by Gasteiger charge is -2.26. The fourth-order valence-electron chi connectivity index (χ4n) is 1.08. The molecule has 1 fully saturated rings. The smallest absolute Gasteiger partial charge is 0.315 e. The maximum atomic E-state index is 11.2. The lowest BCUT2D eigenvalue weighted by Crippen LogP contribution is -2.49. The molecule has 1 saturated carbocycles. The first kappa shape index (κ1) is 10.0. The van der Waals surface area contributed by atoms with Crippen molar-refractivity contribution >= 4 is 11.8 Å². The average Bonchev–Trinajstić information content (AvgIpc) is 1.96. The predicted octanol–water partition coefficient (Wildman–Crippen LogP) is 0.816. The minimum absolute atomic E-state index is 0.0243. The number of hydrogen-bond acceptors (Lipinski definition) is 2. The van der Waals surface area contributed by atoms with Crippen molar-refractivity contribution in [1.29, 1.82) is 0 Å². The highest BCUT2D eigenvalue weighted by Crippen LogP contribution is 2.17. The molecule has 0 heterocycles. The molecule has 0 saturated heterocycles. The molecule has 74 valence electrons. The first-order valence-electron chi connectivity index (χ1n) is 4.67. The van der Waals surface area contributed by atoms with Crippen LogP contribution in [0.4, 0.5) is 4.79 Å². The summed E-state index contributed by atoms with van der Waals surface area (Å²) in [6.45, 7) is 3.15. The van der Waals surface area contributed by atoms with E-state index in [4.69, 9.17) is 0 Å². The largest absolute Gasteiger partial charge is 0.335 e. The Morgan fingerprint density at radius 3 is 2.38 bits per heavy atom. The topological polar surface area (TPSA) is 58.2 Å². The molecular weight excluding hydrogens is 168 g/mol. The molecule has 13 heavy (non-hydrogen) atoms. The van der Waals surface area contributed by atoms with Crippen molar-refractivity contribution < 1.29 is 9.59 Å². The monoisotopic (exact) mass is 184 g/mol. The fourth-order valence-corrected chi connectivity index (χ4v) is 1.08. The number of amides is 2. The van der Waals surface area contributed by atoms with E-state index in [2.05, 4.69) is 10.6 Å². The summed E-state index contributed by atoms with van der Waals surface area (Å²) in [6.07, 6.45) is 3.30. The van der Waals surface area contributed by atoms with Gasteiger partial charge in [0.1, 0.15) is 0 Å². The van der Waals surface area contributed by atoms with Gasteiger partial charge >= 0.3 is 6.03 Å². The van der Waals surface area contributed by atoms with Gasteiger partial charge in [0.15, 0.2) is 5.78 Å². The first-order chi connectivity index (χ1) is 6.09. The Balaban J connectivity index is 2.19. The number of hydrogen-bond donors (Lipinski definition) is 2. The third-order valence-electron chi connectivity index (χ3n) is 2.40. The third kappa shape index (κ3) is 3.05. The van der Waals surface area contributed by atoms with Gasteiger partial charge in [-0.05, 0) is 33.1 Å². The van der Waals surface area contributed by atoms with Crippen LogP contribution in [0.5, 0.6) is 0 Å². The van der Waals surface area contributed by atoms with Gasteiger partial charge in [-0.3, -0.25) is 4.79 Å². The van der Waals surface area contributed by atoms with Gasteiger partial charge in [0.05, 0.1) is 6.04 Å². The van der Waals surface area contributed by atoms with Gasteiger partial charge in [-0.2, -0.15) is 0 Å². The summed E-state index contributed by atoms with van der Waals surface area (Å²) in [5.41, 5.74) is 0. The molecule has 1 aliphatic rings. The Kier molecular flexibility index (Phi) is 3.28. The van der Waals surface area contributed by atoms with Crippen LogP contribution >= 0.6 is 0 Å². The molecular formula is C9H16N2O2. The maximum absolute atomic E-state index is 11.2. The molecule has 0 radical (unpaired) electrons. The van der Waals surface area contributed by atoms with Gasteiger partial charge in [-0.1, -0.05) is 0 Å². The summed E-state index contributed by atoms with van der Waals surface area (Å²) in [6, 6.07) is -0.299. The second kappa shape index (κ2) is 4.25. The van der Waals surface area contributed by atoms with Crippen molar-refractivity contribution in [1.82, 2.24) is 10.6 Å². The second-order valence-corrected chi connectivity index (χ2v) is 3.58. The summed E-state index contributed by atoms with van der Waals surface area (Å²) in [7, 11) is 0. The molecule has 4 heteroatoms. The summed E-state index contributed by atoms with van der Waals surface area (Å²) >= 11 is 0. The molecule has 0 bridgehead atoms. The summed E-state index contributed by atoms with van der Waals surface area (Å²) in [5.74, 6) is -0.0243. The van der Waals surface area contributed by atoms with Crippen molar-refractivity contribution in [2.45, 2.75) is 45.2 Å². The van der Waals surface area contributed by atoms with E-state index in [1.165, 1.54) is 13.3 Å². The van der Waals surface area contributed by atoms with Crippen molar-refractivity contribution in [3.8, 4) is 0 Å². The van der Waals surface area contributed by atoms with E-state index in [0.717, 1.165) is 12.8 Å². The van der Waals surface area contributed by atoms with Gasteiger partial charge in [-0.15, -0.1) is 0 Å². The second-order valence-electron chi connectivity index (χ2n) is 3.58. The van der Waals surface area contributed by atoms with Crippen LogP contribution in [0.3, 0.4) is 0 Å². The summed E-state index contributed by atoms with van der Waals surface area (Å²) in [4.78, 5) is 22.0. The SMILES string of the molecule is CC(=O)C(C)NC(=O)NC1CCC1. The van der Waals surface area contributed by atoms with Crippen LogP contribution in [0, 0.1) is 0 Å². The zero-order chi connectivity index (χ0) is 9.84. The van der Waals surface area contributed by atoms with E-state index in [-0.39, 0.29) is 17.9 Å². The number of carbonyl (C=O) groups is 2. The van der Waals surface area contributed by atoms with Crippen LogP contribution < -0.4 is 10.6 Å². The maximum Gasteiger partial charge on any atom is 0.315 e. The van der Waals surface area contributed by atoms with E-state index in [1.807, 2.05) is 0 Å². The highest BCUT2D eigenvalue weighted by atomic mass is 16.2. The quantitative estimate of drug-likeness (QED) is 0.682. The van der Waals surface area contributed by atoms with Gasteiger partial charge in [0.2, 0.25) is 0 Å². The molecule has 1 aliphatic carbocycles. The van der Waals surface area contributed by atoms with Crippen LogP contribution in [-0.2, 0) is 4.79 Å². The van der Waals surface area contributed by atoms with E-state index < -0.39 is 0 Å². The summed E-state index contributed by atoms with van der Waals surface area (Å²) in [5, 5.41) is 5.38. The first-order valence-corrected chi connectivity index (χ1v) is 4.67. The van der Waals surface area contributed by atoms with Crippen molar-refractivity contribution in [2.75, 3.05) is 0 Å². The van der Waals surface area contributed by atoms with Gasteiger partial charge in [0, 0.05) is 6.04 Å². The Hall–Kier alpha value is -1.06. The molecule has 4 nitrogen and oxygen atoms in total. The van der Waals surface area contributed by atoms with Crippen LogP contribution in [0.25, 0.3) is 0 Å². The minimum atomic E-state index is -0.389. The van der Waals surface area contributed by atoms with Gasteiger partial charge in [0.25, 0.3) is 0 Å². The molecule has 0 aromatic heterocycles. The normalized spacial score (nSPS) is 18.6. The Morgan fingerprint density at radius 1 is 1.38 bits per heavy atom. The van der Waals surface area contributed by atoms with E-state index in [1.54, 1.807) is 6.92 Å². The molecule has 1 atom stereocenters. The Morgan fingerprint density at radius 2 is 2.00 bits per heavy atom. The van der Waals surface area contributed by atoms with Crippen LogP contribution in [0.1, 0.15) is 33.1 Å². The average molecular weight is 184 g/mol. The Labute approximate surface area is 78.1 Å². The number of ketones is 1. The standard InChI is InChI=1S/C9H16N2O2/c1-6(7(2)12)10-9(13)11-8-4-3-5-8/h6,8H,3-5H2,1-2H3,(H2,10,11,13). The molecule has 0 aliphatic heterocycles. The molecule has 2 amide bonds. The molecule has 1 rings (SSSR count). The van der Waals surface area contributed by atoms with Crippen molar-refractivity contribution in [2.24, 2.45) is 0 Å². The predicted molar refractivity (Wildman–Crippen MR) is 49.4 cm³/mol. The zero-order valence-electron chi connectivity index (χ0n) is 8.09. The number of urea groups is 1. The number of rotatable bonds is 3.